The van der Waals surface area contributed by atoms with Crippen molar-refractivity contribution in [2.24, 2.45) is 10.8 Å². The molecule has 0 heterocycles. The topological polar surface area (TPSA) is 52.6 Å². The minimum atomic E-state index is -0.419. The molecule has 0 aromatic heterocycles. The fourth-order valence-electron chi connectivity index (χ4n) is 1.21. The van der Waals surface area contributed by atoms with Crippen LogP contribution in [-0.4, -0.2) is 25.2 Å². The molecule has 0 aliphatic carbocycles. The van der Waals surface area contributed by atoms with E-state index in [4.69, 9.17) is 9.47 Å². The van der Waals surface area contributed by atoms with Gasteiger partial charge in [0.1, 0.15) is 0 Å². The molecule has 0 aliphatic heterocycles. The zero-order chi connectivity index (χ0) is 15.8. The second-order valence-electron chi connectivity index (χ2n) is 6.45. The van der Waals surface area contributed by atoms with E-state index in [2.05, 4.69) is 0 Å². The quantitative estimate of drug-likeness (QED) is 0.479. The average Bonchev–Trinajstić information content (AvgIpc) is 2.41. The Morgan fingerprint density at radius 1 is 0.750 bits per heavy atom. The molecule has 0 aliphatic rings. The molecule has 0 saturated carbocycles. The Hall–Kier alpha value is -1.06. The van der Waals surface area contributed by atoms with Crippen LogP contribution in [0.5, 0.6) is 0 Å². The molecule has 0 unspecified atom stereocenters. The van der Waals surface area contributed by atoms with Gasteiger partial charge in [-0.05, 0) is 53.4 Å². The van der Waals surface area contributed by atoms with E-state index >= 15 is 0 Å². The van der Waals surface area contributed by atoms with Gasteiger partial charge in [0.05, 0.1) is 24.0 Å². The lowest BCUT2D eigenvalue weighted by molar-refractivity contribution is -0.156. The van der Waals surface area contributed by atoms with Crippen molar-refractivity contribution >= 4 is 11.9 Å². The van der Waals surface area contributed by atoms with E-state index in [9.17, 15) is 9.59 Å². The van der Waals surface area contributed by atoms with Gasteiger partial charge < -0.3 is 9.47 Å². The van der Waals surface area contributed by atoms with Gasteiger partial charge in [-0.1, -0.05) is 13.8 Å². The Bertz CT molecular complexity index is 286. The zero-order valence-electron chi connectivity index (χ0n) is 13.9. The number of hydrogen-bond acceptors (Lipinski definition) is 4. The highest BCUT2D eigenvalue weighted by atomic mass is 16.5. The summed E-state index contributed by atoms with van der Waals surface area (Å²) in [4.78, 5) is 23.4. The third-order valence-electron chi connectivity index (χ3n) is 3.88. The maximum absolute atomic E-state index is 11.7. The Balaban J connectivity index is 3.75. The normalized spacial score (nSPS) is 12.1. The van der Waals surface area contributed by atoms with Crippen LogP contribution in [0, 0.1) is 10.8 Å². The van der Waals surface area contributed by atoms with Crippen molar-refractivity contribution in [1.82, 2.24) is 0 Å². The number of hydrogen-bond donors (Lipinski definition) is 0. The third kappa shape index (κ3) is 6.40. The van der Waals surface area contributed by atoms with E-state index in [-0.39, 0.29) is 11.9 Å². The van der Waals surface area contributed by atoms with Gasteiger partial charge in [-0.25, -0.2) is 0 Å². The van der Waals surface area contributed by atoms with Crippen molar-refractivity contribution in [3.63, 3.8) is 0 Å². The molecule has 0 fully saturated rings. The second-order valence-corrected chi connectivity index (χ2v) is 6.45. The van der Waals surface area contributed by atoms with Gasteiger partial charge in [0, 0.05) is 0 Å². The molecule has 0 spiro atoms. The molecule has 0 radical (unpaired) electrons. The maximum Gasteiger partial charge on any atom is 0.311 e. The molecule has 0 amide bonds. The standard InChI is InChI=1S/C16H30O4/c1-7-15(3,4)13(17)19-11-9-10-12-20-14(18)16(5,6)8-2/h7-12H2,1-6H3. The van der Waals surface area contributed by atoms with E-state index in [0.29, 0.717) is 26.1 Å². The predicted molar refractivity (Wildman–Crippen MR) is 79.3 cm³/mol. The van der Waals surface area contributed by atoms with Crippen molar-refractivity contribution in [2.45, 2.75) is 67.2 Å². The fraction of sp³-hybridized carbons (Fsp3) is 0.875. The highest BCUT2D eigenvalue weighted by molar-refractivity contribution is 5.76. The van der Waals surface area contributed by atoms with Crippen LogP contribution in [-0.2, 0) is 19.1 Å². The number of ether oxygens (including phenoxy) is 2. The van der Waals surface area contributed by atoms with Crippen LogP contribution >= 0.6 is 0 Å². The molecule has 0 bridgehead atoms. The SMILES string of the molecule is CCC(C)(C)C(=O)OCCCCOC(=O)C(C)(C)CC. The molecular formula is C16H30O4. The fourth-order valence-corrected chi connectivity index (χ4v) is 1.21. The van der Waals surface area contributed by atoms with E-state index in [1.807, 2.05) is 41.5 Å². The van der Waals surface area contributed by atoms with E-state index in [1.54, 1.807) is 0 Å². The predicted octanol–water partition coefficient (Wildman–Crippen LogP) is 3.73. The van der Waals surface area contributed by atoms with Crippen molar-refractivity contribution in [3.05, 3.63) is 0 Å². The monoisotopic (exact) mass is 286 g/mol. The molecule has 118 valence electrons. The Morgan fingerprint density at radius 2 is 1.05 bits per heavy atom. The van der Waals surface area contributed by atoms with Gasteiger partial charge in [0.15, 0.2) is 0 Å². The van der Waals surface area contributed by atoms with E-state index < -0.39 is 10.8 Å². The summed E-state index contributed by atoms with van der Waals surface area (Å²) < 4.78 is 10.4. The average molecular weight is 286 g/mol. The summed E-state index contributed by atoms with van der Waals surface area (Å²) >= 11 is 0. The summed E-state index contributed by atoms with van der Waals surface area (Å²) in [5.41, 5.74) is -0.838. The molecule has 20 heavy (non-hydrogen) atoms. The smallest absolute Gasteiger partial charge is 0.311 e. The van der Waals surface area contributed by atoms with Crippen LogP contribution in [0.2, 0.25) is 0 Å². The maximum atomic E-state index is 11.7. The molecule has 0 N–H and O–H groups in total. The Morgan fingerprint density at radius 3 is 1.30 bits per heavy atom. The largest absolute Gasteiger partial charge is 0.465 e. The summed E-state index contributed by atoms with van der Waals surface area (Å²) in [5, 5.41) is 0. The first-order valence-corrected chi connectivity index (χ1v) is 7.52. The third-order valence-corrected chi connectivity index (χ3v) is 3.88. The first-order chi connectivity index (χ1) is 9.17. The Labute approximate surface area is 123 Å². The van der Waals surface area contributed by atoms with Gasteiger partial charge in [-0.15, -0.1) is 0 Å². The van der Waals surface area contributed by atoms with Crippen molar-refractivity contribution < 1.29 is 19.1 Å². The van der Waals surface area contributed by atoms with Gasteiger partial charge in [0.25, 0.3) is 0 Å². The van der Waals surface area contributed by atoms with Crippen molar-refractivity contribution in [1.29, 1.82) is 0 Å². The molecule has 0 aromatic rings. The number of rotatable bonds is 9. The van der Waals surface area contributed by atoms with Crippen molar-refractivity contribution in [2.75, 3.05) is 13.2 Å². The first kappa shape index (κ1) is 18.9. The minimum absolute atomic E-state index is 0.163. The summed E-state index contributed by atoms with van der Waals surface area (Å²) in [5.74, 6) is -0.326. The number of carbonyl (C=O) groups is 2. The molecular weight excluding hydrogens is 256 g/mol. The van der Waals surface area contributed by atoms with Crippen LogP contribution in [0.3, 0.4) is 0 Å². The molecule has 0 saturated heterocycles. The van der Waals surface area contributed by atoms with Gasteiger partial charge in [-0.2, -0.15) is 0 Å². The minimum Gasteiger partial charge on any atom is -0.465 e. The van der Waals surface area contributed by atoms with Crippen LogP contribution in [0.25, 0.3) is 0 Å². The highest BCUT2D eigenvalue weighted by Crippen LogP contribution is 2.22. The molecule has 0 aromatic carbocycles. The molecule has 4 nitrogen and oxygen atoms in total. The molecule has 0 rings (SSSR count). The highest BCUT2D eigenvalue weighted by Gasteiger charge is 2.27. The second kappa shape index (κ2) is 8.28. The van der Waals surface area contributed by atoms with E-state index in [0.717, 1.165) is 12.8 Å². The number of unbranched alkanes of at least 4 members (excludes halogenated alkanes) is 1. The summed E-state index contributed by atoms with van der Waals surface area (Å²) in [7, 11) is 0. The van der Waals surface area contributed by atoms with Crippen LogP contribution in [0.4, 0.5) is 0 Å². The molecule has 4 heteroatoms. The lowest BCUT2D eigenvalue weighted by Crippen LogP contribution is -2.27. The molecule has 0 atom stereocenters. The van der Waals surface area contributed by atoms with Gasteiger partial charge >= 0.3 is 11.9 Å². The van der Waals surface area contributed by atoms with Gasteiger partial charge in [-0.3, -0.25) is 9.59 Å². The number of carbonyl (C=O) groups excluding carboxylic acids is 2. The summed E-state index contributed by atoms with van der Waals surface area (Å²) in [6, 6.07) is 0. The Kier molecular flexibility index (Phi) is 7.84. The van der Waals surface area contributed by atoms with E-state index in [1.165, 1.54) is 0 Å². The number of esters is 2. The lowest BCUT2D eigenvalue weighted by atomic mass is 9.91. The lowest BCUT2D eigenvalue weighted by Gasteiger charge is -2.21. The van der Waals surface area contributed by atoms with Crippen molar-refractivity contribution in [3.8, 4) is 0 Å². The van der Waals surface area contributed by atoms with Gasteiger partial charge in [0.2, 0.25) is 0 Å². The van der Waals surface area contributed by atoms with Crippen LogP contribution < -0.4 is 0 Å². The zero-order valence-corrected chi connectivity index (χ0v) is 13.9. The van der Waals surface area contributed by atoms with Crippen LogP contribution in [0.1, 0.15) is 67.2 Å². The first-order valence-electron chi connectivity index (χ1n) is 7.52. The van der Waals surface area contributed by atoms with Crippen LogP contribution in [0.15, 0.2) is 0 Å². The summed E-state index contributed by atoms with van der Waals surface area (Å²) in [6.45, 7) is 12.2. The summed E-state index contributed by atoms with van der Waals surface area (Å²) in [6.07, 6.45) is 2.95.